The molecule has 6 heteroatoms. The highest BCUT2D eigenvalue weighted by Crippen LogP contribution is 2.01. The van der Waals surface area contributed by atoms with Crippen molar-refractivity contribution in [3.63, 3.8) is 0 Å². The Morgan fingerprint density at radius 3 is 2.19 bits per heavy atom. The fourth-order valence-electron chi connectivity index (χ4n) is 2.20. The van der Waals surface area contributed by atoms with Gasteiger partial charge in [-0.05, 0) is 45.8 Å². The van der Waals surface area contributed by atoms with Gasteiger partial charge < -0.3 is 20.6 Å². The van der Waals surface area contributed by atoms with Crippen LogP contribution in [0.2, 0.25) is 0 Å². The van der Waals surface area contributed by atoms with E-state index in [4.69, 9.17) is 5.11 Å². The van der Waals surface area contributed by atoms with Crippen molar-refractivity contribution in [2.45, 2.75) is 65.5 Å². The molecular formula is C15H31N3O3. The zero-order chi connectivity index (χ0) is 16.3. The third-order valence-electron chi connectivity index (χ3n) is 3.56. The summed E-state index contributed by atoms with van der Waals surface area (Å²) in [5.74, 6) is -0.985. The number of hydrogen-bond donors (Lipinski definition) is 3. The van der Waals surface area contributed by atoms with Gasteiger partial charge in [-0.2, -0.15) is 0 Å². The first-order valence-corrected chi connectivity index (χ1v) is 7.96. The monoisotopic (exact) mass is 301 g/mol. The molecule has 3 N–H and O–H groups in total. The van der Waals surface area contributed by atoms with Gasteiger partial charge in [-0.3, -0.25) is 0 Å². The molecule has 6 nitrogen and oxygen atoms in total. The van der Waals surface area contributed by atoms with E-state index < -0.39 is 18.0 Å². The minimum Gasteiger partial charge on any atom is -0.480 e. The van der Waals surface area contributed by atoms with E-state index in [0.717, 1.165) is 38.9 Å². The van der Waals surface area contributed by atoms with E-state index in [2.05, 4.69) is 29.4 Å². The normalized spacial score (nSPS) is 13.8. The van der Waals surface area contributed by atoms with Crippen molar-refractivity contribution in [1.29, 1.82) is 0 Å². The number of nitrogens with zero attached hydrogens (tertiary/aromatic N) is 1. The van der Waals surface area contributed by atoms with Gasteiger partial charge >= 0.3 is 12.0 Å². The van der Waals surface area contributed by atoms with Gasteiger partial charge in [0.25, 0.3) is 0 Å². The number of aliphatic carboxylic acids is 1. The molecule has 2 atom stereocenters. The van der Waals surface area contributed by atoms with Gasteiger partial charge in [0.15, 0.2) is 0 Å². The first-order chi connectivity index (χ1) is 9.94. The summed E-state index contributed by atoms with van der Waals surface area (Å²) < 4.78 is 0. The second-order valence-corrected chi connectivity index (χ2v) is 5.37. The summed E-state index contributed by atoms with van der Waals surface area (Å²) in [4.78, 5) is 25.1. The molecular weight excluding hydrogens is 270 g/mol. The van der Waals surface area contributed by atoms with Crippen LogP contribution in [0, 0.1) is 0 Å². The predicted octanol–water partition coefficient (Wildman–Crippen LogP) is 2.05. The minimum atomic E-state index is -0.985. The molecule has 0 spiro atoms. The van der Waals surface area contributed by atoms with Crippen LogP contribution in [0.5, 0.6) is 0 Å². The number of carbonyl (C=O) groups is 2. The largest absolute Gasteiger partial charge is 0.480 e. The van der Waals surface area contributed by atoms with E-state index in [1.165, 1.54) is 0 Å². The third-order valence-corrected chi connectivity index (χ3v) is 3.56. The van der Waals surface area contributed by atoms with Crippen molar-refractivity contribution in [2.24, 2.45) is 0 Å². The van der Waals surface area contributed by atoms with Gasteiger partial charge in [0.1, 0.15) is 6.04 Å². The Morgan fingerprint density at radius 2 is 1.71 bits per heavy atom. The quantitative estimate of drug-likeness (QED) is 0.545. The average molecular weight is 301 g/mol. The van der Waals surface area contributed by atoms with E-state index in [1.54, 1.807) is 0 Å². The summed E-state index contributed by atoms with van der Waals surface area (Å²) in [5.41, 5.74) is 0. The first-order valence-electron chi connectivity index (χ1n) is 7.96. The average Bonchev–Trinajstić information content (AvgIpc) is 2.43. The van der Waals surface area contributed by atoms with Crippen LogP contribution in [0.15, 0.2) is 0 Å². The fraction of sp³-hybridized carbons (Fsp3) is 0.867. The van der Waals surface area contributed by atoms with Gasteiger partial charge in [-0.1, -0.05) is 27.2 Å². The second kappa shape index (κ2) is 11.4. The molecule has 0 heterocycles. The summed E-state index contributed by atoms with van der Waals surface area (Å²) in [5, 5.41) is 14.3. The zero-order valence-electron chi connectivity index (χ0n) is 13.8. The van der Waals surface area contributed by atoms with Crippen LogP contribution in [0.1, 0.15) is 53.4 Å². The maximum absolute atomic E-state index is 11.8. The molecule has 21 heavy (non-hydrogen) atoms. The molecule has 0 aromatic heterocycles. The Bertz CT molecular complexity index is 307. The van der Waals surface area contributed by atoms with Crippen molar-refractivity contribution in [1.82, 2.24) is 15.5 Å². The Kier molecular flexibility index (Phi) is 10.7. The lowest BCUT2D eigenvalue weighted by molar-refractivity contribution is -0.139. The molecule has 2 amide bonds. The van der Waals surface area contributed by atoms with Gasteiger partial charge in [0.05, 0.1) is 0 Å². The standard InChI is InChI=1S/C15H31N3O3/c1-5-9-13(14(19)20)17-15(21)16-12(4)10-8-11-18(6-2)7-3/h12-13H,5-11H2,1-4H3,(H,19,20)(H2,16,17,21)/t12?,13-/m0/s1. The van der Waals surface area contributed by atoms with Crippen molar-refractivity contribution < 1.29 is 14.7 Å². The van der Waals surface area contributed by atoms with E-state index >= 15 is 0 Å². The number of amides is 2. The topological polar surface area (TPSA) is 81.7 Å². The Hall–Kier alpha value is -1.30. The SMILES string of the molecule is CCC[C@H](NC(=O)NC(C)CCCN(CC)CC)C(=O)O. The molecule has 0 bridgehead atoms. The van der Waals surface area contributed by atoms with Gasteiger partial charge in [-0.25, -0.2) is 9.59 Å². The molecule has 0 saturated carbocycles. The van der Waals surface area contributed by atoms with Gasteiger partial charge in [-0.15, -0.1) is 0 Å². The molecule has 1 unspecified atom stereocenters. The highest BCUT2D eigenvalue weighted by Gasteiger charge is 2.19. The molecule has 0 aromatic rings. The summed E-state index contributed by atoms with van der Waals surface area (Å²) in [6, 6.07) is -1.17. The number of carboxylic acid groups (broad SMARTS) is 1. The summed E-state index contributed by atoms with van der Waals surface area (Å²) in [6.07, 6.45) is 3.06. The van der Waals surface area contributed by atoms with Crippen molar-refractivity contribution in [3.05, 3.63) is 0 Å². The first kappa shape index (κ1) is 19.7. The number of hydrogen-bond acceptors (Lipinski definition) is 3. The number of carbonyl (C=O) groups excluding carboxylic acids is 1. The Morgan fingerprint density at radius 1 is 1.10 bits per heavy atom. The van der Waals surface area contributed by atoms with Crippen molar-refractivity contribution in [3.8, 4) is 0 Å². The van der Waals surface area contributed by atoms with Crippen LogP contribution in [0.4, 0.5) is 4.79 Å². The van der Waals surface area contributed by atoms with Gasteiger partial charge in [0.2, 0.25) is 0 Å². The van der Waals surface area contributed by atoms with Crippen LogP contribution < -0.4 is 10.6 Å². The van der Waals surface area contributed by atoms with Crippen LogP contribution in [0.25, 0.3) is 0 Å². The van der Waals surface area contributed by atoms with E-state index in [0.29, 0.717) is 6.42 Å². The smallest absolute Gasteiger partial charge is 0.326 e. The van der Waals surface area contributed by atoms with E-state index in [-0.39, 0.29) is 6.04 Å². The molecule has 124 valence electrons. The molecule has 0 aromatic carbocycles. The fourth-order valence-corrected chi connectivity index (χ4v) is 2.20. The van der Waals surface area contributed by atoms with E-state index in [1.807, 2.05) is 13.8 Å². The van der Waals surface area contributed by atoms with E-state index in [9.17, 15) is 9.59 Å². The predicted molar refractivity (Wildman–Crippen MR) is 84.5 cm³/mol. The van der Waals surface area contributed by atoms with Gasteiger partial charge in [0, 0.05) is 6.04 Å². The van der Waals surface area contributed by atoms with Crippen LogP contribution in [0.3, 0.4) is 0 Å². The molecule has 0 aliphatic carbocycles. The molecule has 0 saturated heterocycles. The second-order valence-electron chi connectivity index (χ2n) is 5.37. The number of nitrogens with one attached hydrogen (secondary N) is 2. The molecule has 0 radical (unpaired) electrons. The maximum Gasteiger partial charge on any atom is 0.326 e. The Labute approximate surface area is 128 Å². The van der Waals surface area contributed by atoms with Crippen molar-refractivity contribution >= 4 is 12.0 Å². The molecule has 0 aliphatic heterocycles. The Balaban J connectivity index is 4.00. The lowest BCUT2D eigenvalue weighted by atomic mass is 10.1. The summed E-state index contributed by atoms with van der Waals surface area (Å²) in [7, 11) is 0. The van der Waals surface area contributed by atoms with Crippen LogP contribution >= 0.6 is 0 Å². The maximum atomic E-state index is 11.8. The lowest BCUT2D eigenvalue weighted by Gasteiger charge is -2.20. The number of carboxylic acids is 1. The number of urea groups is 1. The molecule has 0 aliphatic rings. The highest BCUT2D eigenvalue weighted by molar-refractivity contribution is 5.82. The summed E-state index contributed by atoms with van der Waals surface area (Å²) in [6.45, 7) is 11.2. The lowest BCUT2D eigenvalue weighted by Crippen LogP contribution is -2.48. The van der Waals surface area contributed by atoms with Crippen LogP contribution in [-0.4, -0.2) is 53.7 Å². The highest BCUT2D eigenvalue weighted by atomic mass is 16.4. The zero-order valence-corrected chi connectivity index (χ0v) is 13.8. The third kappa shape index (κ3) is 9.28. The minimum absolute atomic E-state index is 0.0385. The molecule has 0 rings (SSSR count). The number of rotatable bonds is 11. The molecule has 0 fully saturated rings. The summed E-state index contributed by atoms with van der Waals surface area (Å²) >= 11 is 0. The van der Waals surface area contributed by atoms with Crippen molar-refractivity contribution in [2.75, 3.05) is 19.6 Å². The van der Waals surface area contributed by atoms with Crippen LogP contribution in [-0.2, 0) is 4.79 Å².